The van der Waals surface area contributed by atoms with Gasteiger partial charge in [-0.05, 0) is 37.3 Å². The van der Waals surface area contributed by atoms with Crippen LogP contribution in [0, 0.1) is 11.7 Å². The van der Waals surface area contributed by atoms with Gasteiger partial charge >= 0.3 is 0 Å². The van der Waals surface area contributed by atoms with E-state index in [2.05, 4.69) is 15.3 Å². The number of amides is 2. The number of rotatable bonds is 6. The van der Waals surface area contributed by atoms with Gasteiger partial charge in [0.15, 0.2) is 5.17 Å². The Morgan fingerprint density at radius 3 is 2.71 bits per heavy atom. The summed E-state index contributed by atoms with van der Waals surface area (Å²) < 4.78 is 34.7. The van der Waals surface area contributed by atoms with Crippen molar-refractivity contribution < 1.29 is 23.1 Å². The number of morpholine rings is 1. The second-order valence-corrected chi connectivity index (χ2v) is 11.2. The van der Waals surface area contributed by atoms with Crippen LogP contribution >= 0.6 is 23.4 Å². The number of nitrogens with one attached hydrogen (secondary N) is 1. The Bertz CT molecular complexity index is 1270. The molecular weight excluding hydrogens is 536 g/mol. The van der Waals surface area contributed by atoms with E-state index in [-0.39, 0.29) is 28.0 Å². The number of thioether (sulfide) groups is 1. The number of aromatic nitrogens is 1. The molecular formula is C26H28ClF2N5O3S. The molecule has 0 aliphatic carbocycles. The number of hydrogen-bond acceptors (Lipinski definition) is 7. The van der Waals surface area contributed by atoms with E-state index in [1.165, 1.54) is 48.3 Å². The monoisotopic (exact) mass is 563 g/mol. The Morgan fingerprint density at radius 2 is 2.05 bits per heavy atom. The summed E-state index contributed by atoms with van der Waals surface area (Å²) >= 11 is 7.02. The van der Waals surface area contributed by atoms with Crippen LogP contribution in [0.15, 0.2) is 53.7 Å². The highest BCUT2D eigenvalue weighted by atomic mass is 35.5. The van der Waals surface area contributed by atoms with E-state index in [1.54, 1.807) is 17.9 Å². The van der Waals surface area contributed by atoms with Crippen molar-refractivity contribution in [3.8, 4) is 0 Å². The summed E-state index contributed by atoms with van der Waals surface area (Å²) in [5.41, 5.74) is 4.74. The molecule has 1 aromatic heterocycles. The first kappa shape index (κ1) is 28.0. The van der Waals surface area contributed by atoms with Crippen molar-refractivity contribution in [2.24, 2.45) is 16.6 Å². The third-order valence-electron chi connectivity index (χ3n) is 6.94. The van der Waals surface area contributed by atoms with Crippen molar-refractivity contribution in [2.45, 2.75) is 24.1 Å². The number of nitrogens with two attached hydrogens (primary N) is 1. The lowest BCUT2D eigenvalue weighted by atomic mass is 9.73. The van der Waals surface area contributed by atoms with E-state index in [0.29, 0.717) is 31.3 Å². The maximum absolute atomic E-state index is 15.3. The Labute approximate surface area is 228 Å². The van der Waals surface area contributed by atoms with Crippen molar-refractivity contribution in [1.29, 1.82) is 0 Å². The zero-order valence-electron chi connectivity index (χ0n) is 20.9. The normalized spacial score (nSPS) is 25.8. The number of ether oxygens (including phenoxy) is 1. The van der Waals surface area contributed by atoms with Crippen molar-refractivity contribution in [1.82, 2.24) is 9.88 Å². The second kappa shape index (κ2) is 11.4. The number of aliphatic imine (C=N–C) groups is 1. The Morgan fingerprint density at radius 1 is 1.32 bits per heavy atom. The van der Waals surface area contributed by atoms with E-state index < -0.39 is 34.6 Å². The first-order chi connectivity index (χ1) is 18.1. The van der Waals surface area contributed by atoms with Crippen LogP contribution in [-0.4, -0.2) is 64.6 Å². The smallest absolute Gasteiger partial charge is 0.274 e. The van der Waals surface area contributed by atoms with Gasteiger partial charge in [0, 0.05) is 47.3 Å². The summed E-state index contributed by atoms with van der Waals surface area (Å²) in [6.07, 6.45) is 4.46. The van der Waals surface area contributed by atoms with E-state index in [1.807, 2.05) is 6.92 Å². The van der Waals surface area contributed by atoms with Crippen LogP contribution in [0.3, 0.4) is 0 Å². The first-order valence-corrected chi connectivity index (χ1v) is 13.2. The van der Waals surface area contributed by atoms with Gasteiger partial charge in [-0.3, -0.25) is 9.59 Å². The molecule has 3 atom stereocenters. The van der Waals surface area contributed by atoms with Gasteiger partial charge < -0.3 is 20.7 Å². The third-order valence-corrected chi connectivity index (χ3v) is 8.40. The highest BCUT2D eigenvalue weighted by Gasteiger charge is 2.52. The molecule has 0 bridgehead atoms. The average molecular weight is 564 g/mol. The van der Waals surface area contributed by atoms with Crippen LogP contribution in [0.2, 0.25) is 5.02 Å². The van der Waals surface area contributed by atoms with Crippen LogP contribution in [0.4, 0.5) is 14.5 Å². The zero-order chi connectivity index (χ0) is 27.5. The lowest BCUT2D eigenvalue weighted by Crippen LogP contribution is -2.50. The van der Waals surface area contributed by atoms with Crippen LogP contribution in [-0.2, 0) is 15.1 Å². The molecule has 2 aliphatic rings. The summed E-state index contributed by atoms with van der Waals surface area (Å²) in [7, 11) is 0. The number of anilines is 1. The van der Waals surface area contributed by atoms with Crippen LogP contribution in [0.1, 0.15) is 29.9 Å². The minimum Gasteiger partial charge on any atom is -0.378 e. The van der Waals surface area contributed by atoms with Crippen molar-refractivity contribution in [3.05, 3.63) is 70.8 Å². The molecule has 2 aromatic rings. The third kappa shape index (κ3) is 5.69. The number of pyridine rings is 1. The quantitative estimate of drug-likeness (QED) is 0.511. The molecule has 4 rings (SSSR count). The molecule has 0 radical (unpaired) electrons. The molecule has 3 N–H and O–H groups in total. The van der Waals surface area contributed by atoms with Gasteiger partial charge in [-0.15, -0.1) is 0 Å². The molecule has 1 unspecified atom stereocenters. The highest BCUT2D eigenvalue weighted by Crippen LogP contribution is 2.51. The maximum Gasteiger partial charge on any atom is 0.274 e. The maximum atomic E-state index is 15.3. The lowest BCUT2D eigenvalue weighted by molar-refractivity contribution is -0.130. The molecule has 202 valence electrons. The lowest BCUT2D eigenvalue weighted by Gasteiger charge is -2.46. The summed E-state index contributed by atoms with van der Waals surface area (Å²) in [4.78, 5) is 35.4. The van der Waals surface area contributed by atoms with Crippen LogP contribution in [0.25, 0.3) is 0 Å². The van der Waals surface area contributed by atoms with Crippen LogP contribution in [0.5, 0.6) is 0 Å². The highest BCUT2D eigenvalue weighted by molar-refractivity contribution is 8.15. The Hall–Kier alpha value is -3.02. The van der Waals surface area contributed by atoms with E-state index in [9.17, 15) is 14.0 Å². The Kier molecular flexibility index (Phi) is 8.39. The number of carbonyl (C=O) groups excluding carboxylic acids is 2. The molecule has 3 heterocycles. The van der Waals surface area contributed by atoms with Gasteiger partial charge in [-0.25, -0.2) is 18.8 Å². The van der Waals surface area contributed by atoms with Gasteiger partial charge in [0.05, 0.1) is 18.2 Å². The topological polar surface area (TPSA) is 110 Å². The SMILES string of the molecule is CC1[C@@](C)(/C=C/C(=O)N2CCOCC2)SC(N)=N[C@]1(CF)c1cc(NC(=O)c2ccc(Cl)cn2)ccc1F. The minimum atomic E-state index is -1.69. The largest absolute Gasteiger partial charge is 0.378 e. The molecule has 2 amide bonds. The summed E-state index contributed by atoms with van der Waals surface area (Å²) in [6.45, 7) is 4.40. The van der Waals surface area contributed by atoms with Gasteiger partial charge in [0.25, 0.3) is 5.91 Å². The van der Waals surface area contributed by atoms with E-state index >= 15 is 4.39 Å². The van der Waals surface area contributed by atoms with Crippen molar-refractivity contribution in [3.63, 3.8) is 0 Å². The predicted octanol–water partition coefficient (Wildman–Crippen LogP) is 4.16. The molecule has 0 saturated carbocycles. The zero-order valence-corrected chi connectivity index (χ0v) is 22.5. The molecule has 1 aromatic carbocycles. The van der Waals surface area contributed by atoms with Gasteiger partial charge in [-0.1, -0.05) is 36.4 Å². The molecule has 12 heteroatoms. The molecule has 2 aliphatic heterocycles. The number of halogens is 3. The van der Waals surface area contributed by atoms with E-state index in [0.717, 1.165) is 6.07 Å². The van der Waals surface area contributed by atoms with Crippen molar-refractivity contribution >= 4 is 46.0 Å². The second-order valence-electron chi connectivity index (χ2n) is 9.30. The number of amidine groups is 1. The number of carbonyl (C=O) groups is 2. The van der Waals surface area contributed by atoms with Gasteiger partial charge in [0.2, 0.25) is 5.91 Å². The van der Waals surface area contributed by atoms with Crippen LogP contribution < -0.4 is 11.1 Å². The minimum absolute atomic E-state index is 0.0586. The average Bonchev–Trinajstić information content (AvgIpc) is 2.91. The number of hydrogen-bond donors (Lipinski definition) is 2. The van der Waals surface area contributed by atoms with Gasteiger partial charge in [-0.2, -0.15) is 0 Å². The molecule has 1 fully saturated rings. The predicted molar refractivity (Wildman–Crippen MR) is 145 cm³/mol. The molecule has 0 spiro atoms. The summed E-state index contributed by atoms with van der Waals surface area (Å²) in [6, 6.07) is 6.84. The number of benzene rings is 1. The standard InChI is InChI=1S/C26H28ClF2N5O3S/c1-16-25(2,8-7-22(35)34-9-11-37-12-10-34)38-24(30)33-26(16,15-28)19-13-18(4-5-20(19)29)32-23(36)21-6-3-17(27)14-31-21/h3-8,13-14,16H,9-12,15H2,1-2H3,(H2,30,33)(H,32,36)/b8-7+/t16?,25-,26+/m1/s1. The van der Waals surface area contributed by atoms with Gasteiger partial charge in [0.1, 0.15) is 23.7 Å². The summed E-state index contributed by atoms with van der Waals surface area (Å²) in [5.74, 6) is -2.07. The first-order valence-electron chi connectivity index (χ1n) is 12.0. The Balaban J connectivity index is 1.65. The van der Waals surface area contributed by atoms with Crippen molar-refractivity contribution in [2.75, 3.05) is 38.3 Å². The number of nitrogens with zero attached hydrogens (tertiary/aromatic N) is 3. The molecule has 1 saturated heterocycles. The molecule has 8 nitrogen and oxygen atoms in total. The number of alkyl halides is 1. The molecule has 38 heavy (non-hydrogen) atoms. The fourth-order valence-electron chi connectivity index (χ4n) is 4.56. The fraction of sp³-hybridized carbons (Fsp3) is 0.385. The summed E-state index contributed by atoms with van der Waals surface area (Å²) in [5, 5.41) is 3.09. The fourth-order valence-corrected chi connectivity index (χ4v) is 5.84. The van der Waals surface area contributed by atoms with E-state index in [4.69, 9.17) is 22.1 Å².